The third-order valence-corrected chi connectivity index (χ3v) is 3.63. The molecular weight excluding hydrogens is 252 g/mol. The van der Waals surface area contributed by atoms with Gasteiger partial charge in [0.2, 0.25) is 0 Å². The molecule has 0 aromatic carbocycles. The molecule has 0 bridgehead atoms. The number of unbranched alkanes of at least 4 members (excludes halogenated alkanes) is 2. The van der Waals surface area contributed by atoms with Gasteiger partial charge in [0.05, 0.1) is 23.9 Å². The van der Waals surface area contributed by atoms with Crippen molar-refractivity contribution in [2.75, 3.05) is 0 Å². The molecule has 0 aromatic rings. The molecule has 0 saturated carbocycles. The summed E-state index contributed by atoms with van der Waals surface area (Å²) < 4.78 is 0. The number of carbonyl (C=O) groups is 1. The lowest BCUT2D eigenvalue weighted by Gasteiger charge is -2.19. The van der Waals surface area contributed by atoms with Gasteiger partial charge in [0.25, 0.3) is 0 Å². The largest absolute Gasteiger partial charge is 0.303 e. The lowest BCUT2D eigenvalue weighted by atomic mass is 9.75. The molecule has 20 heavy (non-hydrogen) atoms. The highest BCUT2D eigenvalue weighted by atomic mass is 16.1. The molecule has 0 heterocycles. The van der Waals surface area contributed by atoms with Crippen molar-refractivity contribution in [1.29, 1.82) is 21.2 Å². The Balaban J connectivity index is 3.43. The minimum absolute atomic E-state index is 0.107. The predicted octanol–water partition coefficient (Wildman–Crippen LogP) is 2.66. The number of allylic oxidation sites excluding steroid dienone is 2. The highest BCUT2D eigenvalue weighted by Gasteiger charge is 2.54. The van der Waals surface area contributed by atoms with Crippen LogP contribution in [0.4, 0.5) is 0 Å². The minimum atomic E-state index is -1.68. The van der Waals surface area contributed by atoms with Crippen LogP contribution in [0.25, 0.3) is 0 Å². The first-order valence-electron chi connectivity index (χ1n) is 6.55. The van der Waals surface area contributed by atoms with E-state index in [2.05, 4.69) is 0 Å². The van der Waals surface area contributed by atoms with Gasteiger partial charge in [-0.25, -0.2) is 0 Å². The average Bonchev–Trinajstić information content (AvgIpc) is 2.67. The Morgan fingerprint density at radius 3 is 2.30 bits per heavy atom. The Kier molecular flexibility index (Phi) is 4.78. The standard InChI is InChI=1S/C15H16N4O/c1-3-4-5-6-11-13(10(2)20)14(19)12(7-16)15(11,8-17)9-18/h12,19H,3-6H2,1-2H3. The zero-order valence-corrected chi connectivity index (χ0v) is 11.7. The zero-order chi connectivity index (χ0) is 15.3. The summed E-state index contributed by atoms with van der Waals surface area (Å²) in [5.41, 5.74) is -1.40. The van der Waals surface area contributed by atoms with Gasteiger partial charge in [-0.1, -0.05) is 19.8 Å². The second kappa shape index (κ2) is 6.13. The number of Topliss-reactive ketones (excluding diaryl/α,β-unsaturated/α-hetero) is 1. The summed E-state index contributed by atoms with van der Waals surface area (Å²) in [7, 11) is 0. The number of hydrogen-bond donors (Lipinski definition) is 1. The summed E-state index contributed by atoms with van der Waals surface area (Å²) in [5, 5.41) is 35.9. The molecule has 0 spiro atoms. The summed E-state index contributed by atoms with van der Waals surface area (Å²) in [6.07, 6.45) is 3.02. The first-order chi connectivity index (χ1) is 9.49. The van der Waals surface area contributed by atoms with Crippen LogP contribution in [0.1, 0.15) is 39.5 Å². The molecule has 1 rings (SSSR count). The molecule has 1 aliphatic rings. The summed E-state index contributed by atoms with van der Waals surface area (Å²) in [6, 6.07) is 5.62. The van der Waals surface area contributed by atoms with Crippen molar-refractivity contribution in [2.24, 2.45) is 11.3 Å². The molecule has 5 heteroatoms. The van der Waals surface area contributed by atoms with Gasteiger partial charge in [-0.2, -0.15) is 15.8 Å². The Hall–Kier alpha value is -2.45. The van der Waals surface area contributed by atoms with E-state index < -0.39 is 11.3 Å². The van der Waals surface area contributed by atoms with E-state index in [4.69, 9.17) is 5.41 Å². The molecule has 0 amide bonds. The van der Waals surface area contributed by atoms with Gasteiger partial charge in [-0.15, -0.1) is 0 Å². The van der Waals surface area contributed by atoms with E-state index in [9.17, 15) is 20.6 Å². The smallest absolute Gasteiger partial charge is 0.187 e. The quantitative estimate of drug-likeness (QED) is 0.772. The molecule has 5 nitrogen and oxygen atoms in total. The molecule has 0 radical (unpaired) electrons. The SMILES string of the molecule is CCCCCC1=C(C(C)=O)C(=N)C(C#N)C1(C#N)C#N. The Morgan fingerprint density at radius 1 is 1.30 bits per heavy atom. The van der Waals surface area contributed by atoms with E-state index in [1.54, 1.807) is 0 Å². The molecule has 102 valence electrons. The number of ketones is 1. The third kappa shape index (κ3) is 2.22. The van der Waals surface area contributed by atoms with E-state index in [-0.39, 0.29) is 17.1 Å². The monoisotopic (exact) mass is 268 g/mol. The van der Waals surface area contributed by atoms with Crippen LogP contribution in [0.5, 0.6) is 0 Å². The van der Waals surface area contributed by atoms with Crippen molar-refractivity contribution in [3.05, 3.63) is 11.1 Å². The Labute approximate surface area is 118 Å². The van der Waals surface area contributed by atoms with E-state index in [1.807, 2.05) is 25.1 Å². The number of nitriles is 3. The van der Waals surface area contributed by atoms with Crippen LogP contribution in [0.3, 0.4) is 0 Å². The van der Waals surface area contributed by atoms with Crippen molar-refractivity contribution in [1.82, 2.24) is 0 Å². The first kappa shape index (κ1) is 15.6. The van der Waals surface area contributed by atoms with Crippen LogP contribution in [0.15, 0.2) is 11.1 Å². The average molecular weight is 268 g/mol. The highest BCUT2D eigenvalue weighted by Crippen LogP contribution is 2.47. The maximum absolute atomic E-state index is 11.8. The molecule has 1 unspecified atom stereocenters. The van der Waals surface area contributed by atoms with E-state index >= 15 is 0 Å². The summed E-state index contributed by atoms with van der Waals surface area (Å²) in [6.45, 7) is 3.33. The number of carbonyl (C=O) groups excluding carboxylic acids is 1. The van der Waals surface area contributed by atoms with Gasteiger partial charge < -0.3 is 5.41 Å². The van der Waals surface area contributed by atoms with Gasteiger partial charge in [0.15, 0.2) is 11.2 Å². The summed E-state index contributed by atoms with van der Waals surface area (Å²) in [5.74, 6) is -1.53. The van der Waals surface area contributed by atoms with Gasteiger partial charge in [-0.3, -0.25) is 4.79 Å². The van der Waals surface area contributed by atoms with Crippen molar-refractivity contribution in [3.8, 4) is 18.2 Å². The van der Waals surface area contributed by atoms with Crippen molar-refractivity contribution in [3.63, 3.8) is 0 Å². The fourth-order valence-corrected chi connectivity index (χ4v) is 2.62. The first-order valence-corrected chi connectivity index (χ1v) is 6.55. The van der Waals surface area contributed by atoms with E-state index in [0.717, 1.165) is 19.3 Å². The number of nitrogens with zero attached hydrogens (tertiary/aromatic N) is 3. The maximum Gasteiger partial charge on any atom is 0.187 e. The molecule has 0 aliphatic heterocycles. The Morgan fingerprint density at radius 2 is 1.90 bits per heavy atom. The number of hydrogen-bond acceptors (Lipinski definition) is 5. The number of nitrogens with one attached hydrogen (secondary N) is 1. The lowest BCUT2D eigenvalue weighted by Crippen LogP contribution is -2.27. The van der Waals surface area contributed by atoms with Crippen LogP contribution in [0.2, 0.25) is 0 Å². The highest BCUT2D eigenvalue weighted by molar-refractivity contribution is 6.25. The van der Waals surface area contributed by atoms with Crippen molar-refractivity contribution >= 4 is 11.5 Å². The van der Waals surface area contributed by atoms with Crippen LogP contribution in [-0.2, 0) is 4.79 Å². The van der Waals surface area contributed by atoms with Gasteiger partial charge in [-0.05, 0) is 25.3 Å². The molecular formula is C15H16N4O. The molecule has 1 aliphatic carbocycles. The predicted molar refractivity (Wildman–Crippen MR) is 72.3 cm³/mol. The molecule has 0 fully saturated rings. The normalized spacial score (nSPS) is 20.1. The summed E-state index contributed by atoms with van der Waals surface area (Å²) in [4.78, 5) is 11.8. The number of rotatable bonds is 5. The zero-order valence-electron chi connectivity index (χ0n) is 11.7. The van der Waals surface area contributed by atoms with Gasteiger partial charge in [0.1, 0.15) is 5.92 Å². The van der Waals surface area contributed by atoms with Crippen LogP contribution < -0.4 is 0 Å². The summed E-state index contributed by atoms with van der Waals surface area (Å²) >= 11 is 0. The van der Waals surface area contributed by atoms with Gasteiger partial charge in [0, 0.05) is 5.57 Å². The van der Waals surface area contributed by atoms with Crippen LogP contribution >= 0.6 is 0 Å². The second-order valence-corrected chi connectivity index (χ2v) is 4.87. The third-order valence-electron chi connectivity index (χ3n) is 3.63. The molecule has 1 atom stereocenters. The minimum Gasteiger partial charge on any atom is -0.303 e. The lowest BCUT2D eigenvalue weighted by molar-refractivity contribution is -0.113. The fourth-order valence-electron chi connectivity index (χ4n) is 2.62. The second-order valence-electron chi connectivity index (χ2n) is 4.87. The maximum atomic E-state index is 11.8. The van der Waals surface area contributed by atoms with Crippen molar-refractivity contribution < 1.29 is 4.79 Å². The van der Waals surface area contributed by atoms with Crippen molar-refractivity contribution in [2.45, 2.75) is 39.5 Å². The Bertz CT molecular complexity index is 581. The van der Waals surface area contributed by atoms with E-state index in [1.165, 1.54) is 6.92 Å². The topological polar surface area (TPSA) is 112 Å². The molecule has 0 saturated heterocycles. The van der Waals surface area contributed by atoms with Gasteiger partial charge >= 0.3 is 0 Å². The molecule has 0 aromatic heterocycles. The van der Waals surface area contributed by atoms with E-state index in [0.29, 0.717) is 12.0 Å². The fraction of sp³-hybridized carbons (Fsp3) is 0.533. The van der Waals surface area contributed by atoms with Crippen LogP contribution in [0, 0.1) is 50.7 Å². The molecule has 1 N–H and O–H groups in total. The van der Waals surface area contributed by atoms with Crippen LogP contribution in [-0.4, -0.2) is 11.5 Å².